The van der Waals surface area contributed by atoms with Crippen molar-refractivity contribution in [3.05, 3.63) is 30.1 Å². The zero-order valence-corrected chi connectivity index (χ0v) is 11.1. The van der Waals surface area contributed by atoms with Crippen molar-refractivity contribution in [1.29, 1.82) is 0 Å². The van der Waals surface area contributed by atoms with Crippen LogP contribution in [0.1, 0.15) is 5.56 Å². The second kappa shape index (κ2) is 5.50. The van der Waals surface area contributed by atoms with E-state index in [1.807, 2.05) is 24.5 Å². The van der Waals surface area contributed by atoms with Crippen LogP contribution in [0.15, 0.2) is 24.5 Å². The summed E-state index contributed by atoms with van der Waals surface area (Å²) in [6.07, 6.45) is 4.60. The third kappa shape index (κ3) is 2.99. The van der Waals surface area contributed by atoms with Gasteiger partial charge in [0.05, 0.1) is 19.3 Å². The number of nitrogens with one attached hydrogen (secondary N) is 1. The Labute approximate surface area is 115 Å². The number of nitrogen functional groups attached to an aromatic ring is 1. The van der Waals surface area contributed by atoms with Crippen molar-refractivity contribution in [3.8, 4) is 0 Å². The summed E-state index contributed by atoms with van der Waals surface area (Å²) in [5.41, 5.74) is 6.85. The lowest BCUT2D eigenvalue weighted by atomic mass is 9.95. The van der Waals surface area contributed by atoms with E-state index in [1.54, 1.807) is 0 Å². The maximum atomic E-state index is 5.58. The molecular formula is C12H15N5OS. The summed E-state index contributed by atoms with van der Waals surface area (Å²) in [4.78, 5) is 4.03. The van der Waals surface area contributed by atoms with Gasteiger partial charge in [0, 0.05) is 18.3 Å². The Morgan fingerprint density at radius 3 is 2.89 bits per heavy atom. The maximum Gasteiger partial charge on any atom is 0.207 e. The zero-order chi connectivity index (χ0) is 13.1. The van der Waals surface area contributed by atoms with E-state index in [0.29, 0.717) is 17.7 Å². The first-order chi connectivity index (χ1) is 9.31. The number of ether oxygens (including phenoxy) is 1. The van der Waals surface area contributed by atoms with Gasteiger partial charge in [0.25, 0.3) is 0 Å². The molecule has 0 aliphatic carbocycles. The molecule has 0 aromatic carbocycles. The molecule has 0 amide bonds. The van der Waals surface area contributed by atoms with Crippen molar-refractivity contribution >= 4 is 21.6 Å². The normalized spacial score (nSPS) is 22.5. The van der Waals surface area contributed by atoms with Crippen LogP contribution in [0.2, 0.25) is 0 Å². The highest BCUT2D eigenvalue weighted by molar-refractivity contribution is 7.18. The minimum Gasteiger partial charge on any atom is -0.379 e. The minimum atomic E-state index is 0.250. The fourth-order valence-corrected chi connectivity index (χ4v) is 2.80. The second-order valence-electron chi connectivity index (χ2n) is 4.55. The first kappa shape index (κ1) is 12.3. The van der Waals surface area contributed by atoms with Crippen molar-refractivity contribution < 1.29 is 4.74 Å². The summed E-state index contributed by atoms with van der Waals surface area (Å²) in [7, 11) is 0. The van der Waals surface area contributed by atoms with E-state index in [4.69, 9.17) is 10.5 Å². The molecule has 0 spiro atoms. The van der Waals surface area contributed by atoms with Crippen molar-refractivity contribution in [3.63, 3.8) is 0 Å². The van der Waals surface area contributed by atoms with Crippen LogP contribution in [0, 0.1) is 5.92 Å². The summed E-state index contributed by atoms with van der Waals surface area (Å²) < 4.78 is 5.57. The van der Waals surface area contributed by atoms with Crippen molar-refractivity contribution in [1.82, 2.24) is 15.2 Å². The monoisotopic (exact) mass is 277 g/mol. The van der Waals surface area contributed by atoms with Gasteiger partial charge in [0.2, 0.25) is 10.3 Å². The quantitative estimate of drug-likeness (QED) is 0.873. The van der Waals surface area contributed by atoms with E-state index in [9.17, 15) is 0 Å². The highest BCUT2D eigenvalue weighted by Gasteiger charge is 2.29. The lowest BCUT2D eigenvalue weighted by molar-refractivity contribution is 0.185. The van der Waals surface area contributed by atoms with Gasteiger partial charge < -0.3 is 15.8 Å². The molecule has 6 nitrogen and oxygen atoms in total. The van der Waals surface area contributed by atoms with Crippen LogP contribution in [0.4, 0.5) is 10.3 Å². The number of hydrogen-bond donors (Lipinski definition) is 2. The van der Waals surface area contributed by atoms with Gasteiger partial charge in [0.15, 0.2) is 0 Å². The number of aromatic nitrogens is 3. The summed E-state index contributed by atoms with van der Waals surface area (Å²) >= 11 is 1.36. The molecule has 0 radical (unpaired) electrons. The highest BCUT2D eigenvalue weighted by Crippen LogP contribution is 2.24. The molecule has 0 saturated carbocycles. The molecule has 2 aromatic heterocycles. The number of hydrogen-bond acceptors (Lipinski definition) is 7. The van der Waals surface area contributed by atoms with Crippen LogP contribution in [-0.2, 0) is 11.2 Å². The molecule has 0 bridgehead atoms. The molecule has 1 fully saturated rings. The van der Waals surface area contributed by atoms with Crippen LogP contribution >= 0.6 is 11.3 Å². The Morgan fingerprint density at radius 1 is 1.32 bits per heavy atom. The van der Waals surface area contributed by atoms with Gasteiger partial charge in [-0.15, -0.1) is 10.2 Å². The van der Waals surface area contributed by atoms with Gasteiger partial charge >= 0.3 is 0 Å². The maximum absolute atomic E-state index is 5.58. The van der Waals surface area contributed by atoms with Crippen molar-refractivity contribution in [2.75, 3.05) is 24.3 Å². The Balaban J connectivity index is 1.65. The number of nitrogens with zero attached hydrogens (tertiary/aromatic N) is 3. The van der Waals surface area contributed by atoms with Crippen LogP contribution in [0.25, 0.3) is 0 Å². The number of rotatable bonds is 4. The van der Waals surface area contributed by atoms with Crippen LogP contribution < -0.4 is 11.1 Å². The van der Waals surface area contributed by atoms with E-state index in [2.05, 4.69) is 20.5 Å². The van der Waals surface area contributed by atoms with Gasteiger partial charge in [0.1, 0.15) is 0 Å². The zero-order valence-electron chi connectivity index (χ0n) is 10.3. The Hall–Kier alpha value is -1.73. The Bertz CT molecular complexity index is 532. The molecule has 1 saturated heterocycles. The molecule has 19 heavy (non-hydrogen) atoms. The fraction of sp³-hybridized carbons (Fsp3) is 0.417. The molecule has 1 aliphatic rings. The number of nitrogens with two attached hydrogens (primary N) is 1. The van der Waals surface area contributed by atoms with E-state index in [1.165, 1.54) is 16.9 Å². The average Bonchev–Trinajstić information content (AvgIpc) is 3.01. The summed E-state index contributed by atoms with van der Waals surface area (Å²) in [5, 5.41) is 12.4. The van der Waals surface area contributed by atoms with Gasteiger partial charge in [-0.05, 0) is 24.1 Å². The van der Waals surface area contributed by atoms with Crippen molar-refractivity contribution in [2.24, 2.45) is 5.92 Å². The predicted molar refractivity (Wildman–Crippen MR) is 74.0 cm³/mol. The molecule has 1 aliphatic heterocycles. The molecule has 0 unspecified atom stereocenters. The topological polar surface area (TPSA) is 86.0 Å². The number of anilines is 2. The SMILES string of the molecule is Nc1nnc(N[C@@H]2COC[C@H]2Cc2ccncc2)s1. The lowest BCUT2D eigenvalue weighted by Gasteiger charge is -2.18. The van der Waals surface area contributed by atoms with Crippen LogP contribution in [-0.4, -0.2) is 34.4 Å². The molecule has 3 N–H and O–H groups in total. The lowest BCUT2D eigenvalue weighted by Crippen LogP contribution is -2.29. The van der Waals surface area contributed by atoms with E-state index in [-0.39, 0.29) is 6.04 Å². The summed E-state index contributed by atoms with van der Waals surface area (Å²) in [6.45, 7) is 1.45. The summed E-state index contributed by atoms with van der Waals surface area (Å²) in [6, 6.07) is 4.33. The van der Waals surface area contributed by atoms with E-state index in [0.717, 1.165) is 18.2 Å². The molecule has 100 valence electrons. The van der Waals surface area contributed by atoms with E-state index >= 15 is 0 Å². The smallest absolute Gasteiger partial charge is 0.207 e. The molecular weight excluding hydrogens is 262 g/mol. The van der Waals surface area contributed by atoms with Gasteiger partial charge in [-0.25, -0.2) is 0 Å². The predicted octanol–water partition coefficient (Wildman–Crippen LogP) is 1.18. The Kier molecular flexibility index (Phi) is 3.56. The largest absolute Gasteiger partial charge is 0.379 e. The van der Waals surface area contributed by atoms with E-state index < -0.39 is 0 Å². The minimum absolute atomic E-state index is 0.250. The molecule has 7 heteroatoms. The molecule has 2 atom stereocenters. The van der Waals surface area contributed by atoms with Crippen molar-refractivity contribution in [2.45, 2.75) is 12.5 Å². The first-order valence-corrected chi connectivity index (χ1v) is 6.95. The molecule has 3 heterocycles. The van der Waals surface area contributed by atoms with Crippen LogP contribution in [0.5, 0.6) is 0 Å². The van der Waals surface area contributed by atoms with Gasteiger partial charge in [-0.3, -0.25) is 4.98 Å². The third-order valence-electron chi connectivity index (χ3n) is 3.20. The second-order valence-corrected chi connectivity index (χ2v) is 5.56. The standard InChI is InChI=1S/C12H15N5OS/c13-11-16-17-12(19-11)15-10-7-18-6-9(10)5-8-1-3-14-4-2-8/h1-4,9-10H,5-7H2,(H2,13,16)(H,15,17)/t9-,10-/m1/s1. The number of pyridine rings is 1. The average molecular weight is 277 g/mol. The molecule has 2 aromatic rings. The molecule has 3 rings (SSSR count). The van der Waals surface area contributed by atoms with Gasteiger partial charge in [-0.1, -0.05) is 11.3 Å². The third-order valence-corrected chi connectivity index (χ3v) is 3.88. The Morgan fingerprint density at radius 2 is 2.16 bits per heavy atom. The van der Waals surface area contributed by atoms with Crippen LogP contribution in [0.3, 0.4) is 0 Å². The first-order valence-electron chi connectivity index (χ1n) is 6.13. The van der Waals surface area contributed by atoms with Gasteiger partial charge in [-0.2, -0.15) is 0 Å². The summed E-state index contributed by atoms with van der Waals surface area (Å²) in [5.74, 6) is 0.424. The highest BCUT2D eigenvalue weighted by atomic mass is 32.1. The fourth-order valence-electron chi connectivity index (χ4n) is 2.23.